The summed E-state index contributed by atoms with van der Waals surface area (Å²) in [6, 6.07) is 16.2. The Morgan fingerprint density at radius 1 is 0.900 bits per heavy atom. The molecule has 1 heterocycles. The van der Waals surface area contributed by atoms with E-state index in [2.05, 4.69) is 0 Å². The Balaban J connectivity index is 1.90. The van der Waals surface area contributed by atoms with Gasteiger partial charge in [-0.05, 0) is 24.1 Å². The molecule has 0 aliphatic carbocycles. The fourth-order valence-electron chi connectivity index (χ4n) is 2.34. The zero-order chi connectivity index (χ0) is 14.2. The summed E-state index contributed by atoms with van der Waals surface area (Å²) >= 11 is 0. The largest absolute Gasteiger partial charge is 0.348 e. The molecule has 0 saturated heterocycles. The van der Waals surface area contributed by atoms with E-state index < -0.39 is 15.1 Å². The molecule has 0 radical (unpaired) electrons. The summed E-state index contributed by atoms with van der Waals surface area (Å²) < 4.78 is 24.0. The van der Waals surface area contributed by atoms with Gasteiger partial charge < -0.3 is 0 Å². The van der Waals surface area contributed by atoms with Gasteiger partial charge in [0.1, 0.15) is 4.90 Å². The van der Waals surface area contributed by atoms with Gasteiger partial charge in [0.15, 0.2) is 0 Å². The lowest BCUT2D eigenvalue weighted by Crippen LogP contribution is -2.30. The minimum absolute atomic E-state index is 0.109. The van der Waals surface area contributed by atoms with Gasteiger partial charge in [0, 0.05) is 6.54 Å². The predicted octanol–water partition coefficient (Wildman–Crippen LogP) is 2.64. The molecule has 0 saturated carbocycles. The third kappa shape index (κ3) is 2.00. The van der Waals surface area contributed by atoms with Gasteiger partial charge >= 0.3 is 5.24 Å². The summed E-state index contributed by atoms with van der Waals surface area (Å²) in [7, 11) is -3.85. The van der Waals surface area contributed by atoms with E-state index in [-0.39, 0.29) is 4.90 Å². The first-order valence-electron chi connectivity index (χ1n) is 6.30. The lowest BCUT2D eigenvalue weighted by molar-refractivity contribution is 0.263. The Kier molecular flexibility index (Phi) is 3.06. The average Bonchev–Trinajstić information content (AvgIpc) is 2.67. The molecule has 0 spiro atoms. The van der Waals surface area contributed by atoms with Crippen LogP contribution in [0.4, 0.5) is 10.5 Å². The molecular weight excluding hydrogens is 274 g/mol. The van der Waals surface area contributed by atoms with Crippen LogP contribution in [0.3, 0.4) is 0 Å². The number of carbonyl (C=O) groups excluding carboxylic acids is 1. The molecule has 5 heteroatoms. The van der Waals surface area contributed by atoms with Crippen LogP contribution in [-0.4, -0.2) is 20.2 Å². The first-order chi connectivity index (χ1) is 9.60. The minimum Gasteiger partial charge on any atom is -0.297 e. The number of amides is 1. The highest BCUT2D eigenvalue weighted by Gasteiger charge is 2.41. The second kappa shape index (κ2) is 4.76. The number of para-hydroxylation sites is 1. The highest BCUT2D eigenvalue weighted by atomic mass is 32.2. The quantitative estimate of drug-likeness (QED) is 0.872. The molecule has 2 aromatic rings. The highest BCUT2D eigenvalue weighted by Crippen LogP contribution is 2.35. The third-order valence-corrected chi connectivity index (χ3v) is 4.97. The van der Waals surface area contributed by atoms with Gasteiger partial charge in [0.2, 0.25) is 0 Å². The molecule has 0 unspecified atom stereocenters. The molecule has 2 aromatic carbocycles. The summed E-state index contributed by atoms with van der Waals surface area (Å²) in [6.45, 7) is 0.360. The maximum Gasteiger partial charge on any atom is 0.348 e. The number of nitrogens with zero attached hydrogens (tertiary/aromatic N) is 1. The highest BCUT2D eigenvalue weighted by molar-refractivity contribution is 8.07. The molecule has 1 aliphatic heterocycles. The van der Waals surface area contributed by atoms with Gasteiger partial charge in [-0.3, -0.25) is 9.69 Å². The lowest BCUT2D eigenvalue weighted by atomic mass is 10.1. The molecule has 0 aromatic heterocycles. The molecule has 20 heavy (non-hydrogen) atoms. The van der Waals surface area contributed by atoms with Crippen LogP contribution in [0.1, 0.15) is 5.56 Å². The van der Waals surface area contributed by atoms with Crippen molar-refractivity contribution in [3.63, 3.8) is 0 Å². The van der Waals surface area contributed by atoms with E-state index in [1.807, 2.05) is 30.3 Å². The number of fused-ring (bicyclic) bond motifs is 1. The van der Waals surface area contributed by atoms with Crippen molar-refractivity contribution in [3.05, 3.63) is 60.2 Å². The maximum absolute atomic E-state index is 12.0. The monoisotopic (exact) mass is 287 g/mol. The number of hydrogen-bond acceptors (Lipinski definition) is 3. The fraction of sp³-hybridized carbons (Fsp3) is 0.133. The molecule has 3 rings (SSSR count). The van der Waals surface area contributed by atoms with Gasteiger partial charge in [-0.1, -0.05) is 42.5 Å². The first kappa shape index (κ1) is 12.9. The topological polar surface area (TPSA) is 54.5 Å². The van der Waals surface area contributed by atoms with Crippen LogP contribution in [0.5, 0.6) is 0 Å². The number of hydrogen-bond donors (Lipinski definition) is 0. The normalized spacial score (nSPS) is 16.2. The Morgan fingerprint density at radius 2 is 1.55 bits per heavy atom. The van der Waals surface area contributed by atoms with Crippen LogP contribution in [-0.2, 0) is 16.3 Å². The van der Waals surface area contributed by atoms with Crippen molar-refractivity contribution in [2.24, 2.45) is 0 Å². The van der Waals surface area contributed by atoms with Crippen molar-refractivity contribution in [3.8, 4) is 0 Å². The van der Waals surface area contributed by atoms with Gasteiger partial charge in [-0.15, -0.1) is 0 Å². The molecule has 102 valence electrons. The SMILES string of the molecule is O=C1N(CCc2ccccc2)c2ccccc2S1(=O)=O. The number of rotatable bonds is 3. The summed E-state index contributed by atoms with van der Waals surface area (Å²) in [6.07, 6.45) is 0.621. The predicted molar refractivity (Wildman–Crippen MR) is 76.5 cm³/mol. The van der Waals surface area contributed by atoms with Crippen molar-refractivity contribution >= 4 is 20.8 Å². The maximum atomic E-state index is 12.0. The lowest BCUT2D eigenvalue weighted by Gasteiger charge is -2.15. The van der Waals surface area contributed by atoms with E-state index >= 15 is 0 Å². The molecule has 0 bridgehead atoms. The zero-order valence-corrected chi connectivity index (χ0v) is 11.5. The first-order valence-corrected chi connectivity index (χ1v) is 7.78. The molecule has 0 N–H and O–H groups in total. The van der Waals surface area contributed by atoms with Gasteiger partial charge in [0.05, 0.1) is 5.69 Å². The van der Waals surface area contributed by atoms with E-state index in [4.69, 9.17) is 0 Å². The van der Waals surface area contributed by atoms with Crippen molar-refractivity contribution in [1.82, 2.24) is 0 Å². The molecule has 1 amide bonds. The summed E-state index contributed by atoms with van der Waals surface area (Å²) in [5.41, 5.74) is 1.55. The average molecular weight is 287 g/mol. The van der Waals surface area contributed by atoms with E-state index in [1.165, 1.54) is 11.0 Å². The minimum atomic E-state index is -3.85. The van der Waals surface area contributed by atoms with Crippen LogP contribution < -0.4 is 4.90 Å². The van der Waals surface area contributed by atoms with E-state index in [0.717, 1.165) is 5.56 Å². The van der Waals surface area contributed by atoms with Gasteiger partial charge in [-0.2, -0.15) is 0 Å². The van der Waals surface area contributed by atoms with Crippen LogP contribution in [0.25, 0.3) is 0 Å². The molecule has 1 aliphatic rings. The number of sulfone groups is 1. The smallest absolute Gasteiger partial charge is 0.297 e. The van der Waals surface area contributed by atoms with Crippen LogP contribution >= 0.6 is 0 Å². The van der Waals surface area contributed by atoms with Gasteiger partial charge in [-0.25, -0.2) is 8.42 Å². The Hall–Kier alpha value is -2.14. The van der Waals surface area contributed by atoms with E-state index in [0.29, 0.717) is 18.7 Å². The van der Waals surface area contributed by atoms with Gasteiger partial charge in [0.25, 0.3) is 9.84 Å². The Labute approximate surface area is 117 Å². The molecule has 4 nitrogen and oxygen atoms in total. The van der Waals surface area contributed by atoms with E-state index in [1.54, 1.807) is 18.2 Å². The van der Waals surface area contributed by atoms with Crippen LogP contribution in [0.2, 0.25) is 0 Å². The standard InChI is InChI=1S/C15H13NO3S/c17-15-16(11-10-12-6-2-1-3-7-12)13-8-4-5-9-14(13)20(15,18)19/h1-9H,10-11H2. The van der Waals surface area contributed by atoms with Crippen molar-refractivity contribution in [2.75, 3.05) is 11.4 Å². The Bertz CT molecular complexity index is 754. The van der Waals surface area contributed by atoms with E-state index in [9.17, 15) is 13.2 Å². The molecule has 0 fully saturated rings. The number of anilines is 1. The number of carbonyl (C=O) groups is 1. The van der Waals surface area contributed by atoms with Crippen LogP contribution in [0.15, 0.2) is 59.5 Å². The van der Waals surface area contributed by atoms with Crippen LogP contribution in [0, 0.1) is 0 Å². The van der Waals surface area contributed by atoms with Crippen molar-refractivity contribution in [1.29, 1.82) is 0 Å². The second-order valence-electron chi connectivity index (χ2n) is 4.62. The van der Waals surface area contributed by atoms with Crippen molar-refractivity contribution in [2.45, 2.75) is 11.3 Å². The molecular formula is C15H13NO3S. The number of benzene rings is 2. The zero-order valence-electron chi connectivity index (χ0n) is 10.7. The summed E-state index contributed by atoms with van der Waals surface area (Å²) in [4.78, 5) is 13.5. The second-order valence-corrected chi connectivity index (χ2v) is 6.42. The third-order valence-electron chi connectivity index (χ3n) is 3.36. The fourth-order valence-corrected chi connectivity index (χ4v) is 3.72. The summed E-state index contributed by atoms with van der Waals surface area (Å²) in [5.74, 6) is 0. The van der Waals surface area contributed by atoms with Crippen molar-refractivity contribution < 1.29 is 13.2 Å². The molecule has 0 atom stereocenters. The Morgan fingerprint density at radius 3 is 2.30 bits per heavy atom. The summed E-state index contributed by atoms with van der Waals surface area (Å²) in [5, 5.41) is -0.824.